The molecule has 1 saturated carbocycles. The molecule has 3 rings (SSSR count). The van der Waals surface area contributed by atoms with Crippen LogP contribution in [0.15, 0.2) is 33.5 Å². The summed E-state index contributed by atoms with van der Waals surface area (Å²) < 4.78 is 5.19. The molecule has 0 radical (unpaired) electrons. The Bertz CT molecular complexity index is 707. The Hall–Kier alpha value is -1.42. The van der Waals surface area contributed by atoms with Crippen molar-refractivity contribution in [1.82, 2.24) is 0 Å². The molecule has 1 aromatic heterocycles. The van der Waals surface area contributed by atoms with E-state index in [1.165, 1.54) is 38.2 Å². The van der Waals surface area contributed by atoms with E-state index < -0.39 is 0 Å². The van der Waals surface area contributed by atoms with Crippen molar-refractivity contribution in [2.45, 2.75) is 50.0 Å². The fraction of sp³-hybridized carbons (Fsp3) is 0.500. The van der Waals surface area contributed by atoms with E-state index in [1.807, 2.05) is 17.8 Å². The van der Waals surface area contributed by atoms with Crippen molar-refractivity contribution >= 4 is 22.7 Å². The van der Waals surface area contributed by atoms with Crippen LogP contribution in [-0.4, -0.2) is 10.4 Å². The second kappa shape index (κ2) is 6.78. The maximum atomic E-state index is 11.7. The van der Waals surface area contributed by atoms with Gasteiger partial charge in [0.1, 0.15) is 11.3 Å². The van der Waals surface area contributed by atoms with Gasteiger partial charge in [-0.2, -0.15) is 11.8 Å². The largest absolute Gasteiger partial charge is 0.508 e. The molecule has 1 heterocycles. The van der Waals surface area contributed by atoms with Gasteiger partial charge in [-0.1, -0.05) is 26.2 Å². The van der Waals surface area contributed by atoms with E-state index in [-0.39, 0.29) is 11.4 Å². The van der Waals surface area contributed by atoms with Crippen LogP contribution in [-0.2, 0) is 5.75 Å². The molecule has 1 N–H and O–H groups in total. The van der Waals surface area contributed by atoms with Gasteiger partial charge in [-0.25, -0.2) is 4.79 Å². The molecule has 2 atom stereocenters. The van der Waals surface area contributed by atoms with Gasteiger partial charge in [0.05, 0.1) is 0 Å². The SMILES string of the molecule is CC1CCCCC(SCc2cc(=O)oc3cc(O)ccc23)C1. The van der Waals surface area contributed by atoms with Gasteiger partial charge in [-0.05, 0) is 36.5 Å². The minimum atomic E-state index is -0.345. The van der Waals surface area contributed by atoms with Gasteiger partial charge >= 0.3 is 5.63 Å². The predicted molar refractivity (Wildman–Crippen MR) is 91.5 cm³/mol. The van der Waals surface area contributed by atoms with Crippen molar-refractivity contribution in [1.29, 1.82) is 0 Å². The van der Waals surface area contributed by atoms with Gasteiger partial charge in [-0.3, -0.25) is 0 Å². The van der Waals surface area contributed by atoms with Crippen LogP contribution in [0.1, 0.15) is 44.6 Å². The lowest BCUT2D eigenvalue weighted by atomic mass is 10.0. The summed E-state index contributed by atoms with van der Waals surface area (Å²) in [6.07, 6.45) is 6.54. The van der Waals surface area contributed by atoms with Crippen LogP contribution < -0.4 is 5.63 Å². The minimum Gasteiger partial charge on any atom is -0.508 e. The Morgan fingerprint density at radius 3 is 2.95 bits per heavy atom. The molecule has 1 fully saturated rings. The first-order valence-electron chi connectivity index (χ1n) is 7.99. The van der Waals surface area contributed by atoms with Gasteiger partial charge in [0, 0.05) is 28.5 Å². The van der Waals surface area contributed by atoms with Gasteiger partial charge in [0.15, 0.2) is 0 Å². The normalized spacial score (nSPS) is 22.6. The molecule has 0 saturated heterocycles. The summed E-state index contributed by atoms with van der Waals surface area (Å²) in [6.45, 7) is 2.34. The molecule has 4 heteroatoms. The number of benzene rings is 1. The maximum absolute atomic E-state index is 11.7. The standard InChI is InChI=1S/C18H22O3S/c1-12-4-2-3-5-15(8-12)22-11-13-9-18(20)21-17-10-14(19)6-7-16(13)17/h6-7,9-10,12,15,19H,2-5,8,11H2,1H3. The number of phenolic OH excluding ortho intramolecular Hbond substituents is 1. The maximum Gasteiger partial charge on any atom is 0.336 e. The Balaban J connectivity index is 1.80. The highest BCUT2D eigenvalue weighted by molar-refractivity contribution is 7.99. The van der Waals surface area contributed by atoms with Crippen molar-refractivity contribution < 1.29 is 9.52 Å². The van der Waals surface area contributed by atoms with E-state index in [2.05, 4.69) is 6.92 Å². The van der Waals surface area contributed by atoms with Gasteiger partial charge in [0.25, 0.3) is 0 Å². The molecule has 3 nitrogen and oxygen atoms in total. The molecule has 1 aromatic carbocycles. The van der Waals surface area contributed by atoms with Gasteiger partial charge in [-0.15, -0.1) is 0 Å². The Morgan fingerprint density at radius 1 is 1.27 bits per heavy atom. The third kappa shape index (κ3) is 3.67. The lowest BCUT2D eigenvalue weighted by Crippen LogP contribution is -2.07. The quantitative estimate of drug-likeness (QED) is 0.658. The summed E-state index contributed by atoms with van der Waals surface area (Å²) in [5.74, 6) is 1.75. The second-order valence-corrected chi connectivity index (χ2v) is 7.62. The van der Waals surface area contributed by atoms with E-state index in [0.717, 1.165) is 22.6 Å². The third-order valence-electron chi connectivity index (χ3n) is 4.43. The lowest BCUT2D eigenvalue weighted by molar-refractivity contribution is 0.473. The topological polar surface area (TPSA) is 50.4 Å². The number of aromatic hydroxyl groups is 1. The molecule has 0 aliphatic heterocycles. The first kappa shape index (κ1) is 15.5. The minimum absolute atomic E-state index is 0.123. The van der Waals surface area contributed by atoms with Gasteiger partial charge < -0.3 is 9.52 Å². The van der Waals surface area contributed by atoms with Gasteiger partial charge in [0.2, 0.25) is 0 Å². The molecule has 1 aliphatic rings. The predicted octanol–water partition coefficient (Wildman–Crippen LogP) is 4.70. The van der Waals surface area contributed by atoms with Crippen molar-refractivity contribution in [3.05, 3.63) is 40.2 Å². The third-order valence-corrected chi connectivity index (χ3v) is 5.80. The van der Waals surface area contributed by atoms with E-state index in [1.54, 1.807) is 12.1 Å². The first-order valence-corrected chi connectivity index (χ1v) is 9.04. The number of hydrogen-bond acceptors (Lipinski definition) is 4. The Morgan fingerprint density at radius 2 is 2.09 bits per heavy atom. The smallest absolute Gasteiger partial charge is 0.336 e. The van der Waals surface area contributed by atoms with E-state index in [0.29, 0.717) is 10.8 Å². The zero-order valence-electron chi connectivity index (χ0n) is 12.9. The molecule has 2 aromatic rings. The molecule has 0 amide bonds. The van der Waals surface area contributed by atoms with Crippen molar-refractivity contribution in [2.24, 2.45) is 5.92 Å². The van der Waals surface area contributed by atoms with Crippen LogP contribution in [0.3, 0.4) is 0 Å². The summed E-state index contributed by atoms with van der Waals surface area (Å²) in [5.41, 5.74) is 1.13. The van der Waals surface area contributed by atoms with Crippen molar-refractivity contribution in [3.8, 4) is 5.75 Å². The van der Waals surface area contributed by atoms with Crippen LogP contribution >= 0.6 is 11.8 Å². The molecule has 0 bridgehead atoms. The van der Waals surface area contributed by atoms with Crippen LogP contribution in [0.25, 0.3) is 11.0 Å². The molecular weight excluding hydrogens is 296 g/mol. The Kier molecular flexibility index (Phi) is 4.77. The molecule has 0 spiro atoms. The summed E-state index contributed by atoms with van der Waals surface area (Å²) in [6, 6.07) is 6.58. The highest BCUT2D eigenvalue weighted by Gasteiger charge is 2.18. The molecule has 118 valence electrons. The van der Waals surface area contributed by atoms with Crippen LogP contribution in [0.4, 0.5) is 0 Å². The average molecular weight is 318 g/mol. The van der Waals surface area contributed by atoms with Crippen molar-refractivity contribution in [3.63, 3.8) is 0 Å². The zero-order valence-corrected chi connectivity index (χ0v) is 13.7. The lowest BCUT2D eigenvalue weighted by Gasteiger charge is -2.17. The van der Waals surface area contributed by atoms with E-state index in [9.17, 15) is 9.90 Å². The Labute approximate surface area is 134 Å². The van der Waals surface area contributed by atoms with Crippen molar-refractivity contribution in [2.75, 3.05) is 0 Å². The van der Waals surface area contributed by atoms with Crippen LogP contribution in [0, 0.1) is 5.92 Å². The number of rotatable bonds is 3. The van der Waals surface area contributed by atoms with Crippen LogP contribution in [0.2, 0.25) is 0 Å². The van der Waals surface area contributed by atoms with Crippen LogP contribution in [0.5, 0.6) is 5.75 Å². The highest BCUT2D eigenvalue weighted by atomic mass is 32.2. The molecular formula is C18H22O3S. The number of thioether (sulfide) groups is 1. The second-order valence-electron chi connectivity index (χ2n) is 6.33. The first-order chi connectivity index (χ1) is 10.6. The number of phenols is 1. The fourth-order valence-electron chi connectivity index (χ4n) is 3.25. The fourth-order valence-corrected chi connectivity index (χ4v) is 4.70. The summed E-state index contributed by atoms with van der Waals surface area (Å²) >= 11 is 1.95. The number of fused-ring (bicyclic) bond motifs is 1. The molecule has 22 heavy (non-hydrogen) atoms. The van der Waals surface area contributed by atoms with E-state index in [4.69, 9.17) is 4.42 Å². The highest BCUT2D eigenvalue weighted by Crippen LogP contribution is 2.33. The summed E-state index contributed by atoms with van der Waals surface area (Å²) in [5, 5.41) is 11.1. The zero-order chi connectivity index (χ0) is 15.5. The molecule has 1 aliphatic carbocycles. The monoisotopic (exact) mass is 318 g/mol. The summed E-state index contributed by atoms with van der Waals surface area (Å²) in [7, 11) is 0. The summed E-state index contributed by atoms with van der Waals surface area (Å²) in [4.78, 5) is 11.7. The molecule has 2 unspecified atom stereocenters. The van der Waals surface area contributed by atoms with E-state index >= 15 is 0 Å². The average Bonchev–Trinajstić information content (AvgIpc) is 2.68. The number of hydrogen-bond donors (Lipinski definition) is 1.